The fraction of sp³-hybridized carbons (Fsp3) is 0.358. The van der Waals surface area contributed by atoms with Crippen LogP contribution in [0.2, 0.25) is 0 Å². The number of aromatic nitrogens is 5. The highest BCUT2D eigenvalue weighted by atomic mass is 16.5. The second-order valence-electron chi connectivity index (χ2n) is 18.2. The van der Waals surface area contributed by atoms with Crippen molar-refractivity contribution in [3.63, 3.8) is 0 Å². The molecule has 1 fully saturated rings. The summed E-state index contributed by atoms with van der Waals surface area (Å²) in [5, 5.41) is 0. The van der Waals surface area contributed by atoms with Gasteiger partial charge in [-0.1, -0.05) is 54.6 Å². The van der Waals surface area contributed by atoms with Crippen molar-refractivity contribution < 1.29 is 28.6 Å². The number of anilines is 1. The lowest BCUT2D eigenvalue weighted by Crippen LogP contribution is -2.39. The van der Waals surface area contributed by atoms with Gasteiger partial charge < -0.3 is 38.0 Å². The van der Waals surface area contributed by atoms with E-state index >= 15 is 0 Å². The molecule has 67 heavy (non-hydrogen) atoms. The van der Waals surface area contributed by atoms with Gasteiger partial charge in [-0.25, -0.2) is 19.6 Å². The summed E-state index contributed by atoms with van der Waals surface area (Å²) in [4.78, 5) is 59.8. The summed E-state index contributed by atoms with van der Waals surface area (Å²) in [6.45, 7) is 7.81. The number of benzene rings is 4. The third-order valence-corrected chi connectivity index (χ3v) is 13.9. The number of methoxy groups -OCH3 is 2. The fourth-order valence-corrected chi connectivity index (χ4v) is 10.5. The molecule has 3 aromatic heterocycles. The Kier molecular flexibility index (Phi) is 12.1. The maximum atomic E-state index is 13.9. The number of amides is 2. The van der Waals surface area contributed by atoms with Crippen molar-refractivity contribution in [2.24, 2.45) is 5.92 Å². The van der Waals surface area contributed by atoms with E-state index in [4.69, 9.17) is 24.2 Å². The Bertz CT molecular complexity index is 2960. The van der Waals surface area contributed by atoms with Crippen LogP contribution in [-0.4, -0.2) is 92.4 Å². The number of rotatable bonds is 10. The number of ether oxygens (including phenoxy) is 3. The van der Waals surface area contributed by atoms with E-state index in [2.05, 4.69) is 87.5 Å². The Morgan fingerprint density at radius 2 is 1.24 bits per heavy atom. The first-order chi connectivity index (χ1) is 32.7. The normalized spacial score (nSPS) is 16.1. The van der Waals surface area contributed by atoms with Crippen LogP contribution in [0.4, 0.5) is 15.5 Å². The minimum absolute atomic E-state index is 0.0290. The van der Waals surface area contributed by atoms with E-state index in [0.717, 1.165) is 75.4 Å². The largest absolute Gasteiger partial charge is 0.453 e. The number of nitrogens with zero attached hydrogens (tertiary/aromatic N) is 8. The standard InChI is InChI=1S/C53H56N8O6/c1-34(60-45-15-13-38-19-27-58(52(63)65-3)32-43(38)47(45)55-49(60)40-17-23-54-24-18-40)30-37-11-8-12-42(31-37)67-50(62)41-21-25-57(26-22-41)51-56-48-44-33-59(53(64)66-4)28-20-39(44)14-16-46(48)61(51)35(2)29-36-9-6-5-7-10-36/h5-18,23-24,31,34-35,41H,19-22,25-30,32-33H2,1-4H3/t34-,35-/m1/s1. The predicted octanol–water partition coefficient (Wildman–Crippen LogP) is 9.13. The van der Waals surface area contributed by atoms with E-state index in [1.165, 1.54) is 30.9 Å². The van der Waals surface area contributed by atoms with Gasteiger partial charge in [-0.3, -0.25) is 9.78 Å². The molecular formula is C53H56N8O6. The average Bonchev–Trinajstić information content (AvgIpc) is 3.97. The molecule has 3 aliphatic heterocycles. The lowest BCUT2D eigenvalue weighted by atomic mass is 9.97. The molecule has 4 aromatic carbocycles. The minimum atomic E-state index is -0.341. The lowest BCUT2D eigenvalue weighted by Gasteiger charge is -2.33. The zero-order valence-corrected chi connectivity index (χ0v) is 38.6. The Balaban J connectivity index is 0.860. The molecule has 1 saturated heterocycles. The summed E-state index contributed by atoms with van der Waals surface area (Å²) in [6.07, 6.45) is 7.11. The molecule has 10 rings (SSSR count). The van der Waals surface area contributed by atoms with Crippen molar-refractivity contribution in [2.75, 3.05) is 45.3 Å². The molecule has 0 aliphatic carbocycles. The van der Waals surface area contributed by atoms with Gasteiger partial charge in [0.2, 0.25) is 5.95 Å². The van der Waals surface area contributed by atoms with Gasteiger partial charge >= 0.3 is 18.2 Å². The number of hydrogen-bond donors (Lipinski definition) is 0. The van der Waals surface area contributed by atoms with Gasteiger partial charge in [-0.15, -0.1) is 0 Å². The molecule has 0 spiro atoms. The average molecular weight is 901 g/mol. The number of hydrogen-bond acceptors (Lipinski definition) is 10. The van der Waals surface area contributed by atoms with Gasteiger partial charge in [0.05, 0.1) is 55.3 Å². The molecule has 2 atom stereocenters. The Hall–Kier alpha value is -7.22. The number of carbonyl (C=O) groups is 3. The van der Waals surface area contributed by atoms with Crippen LogP contribution in [-0.2, 0) is 53.0 Å². The molecule has 0 saturated carbocycles. The van der Waals surface area contributed by atoms with Crippen molar-refractivity contribution in [3.8, 4) is 17.1 Å². The Morgan fingerprint density at radius 1 is 0.657 bits per heavy atom. The smallest absolute Gasteiger partial charge is 0.409 e. The third kappa shape index (κ3) is 8.56. The molecule has 2 amide bonds. The van der Waals surface area contributed by atoms with Gasteiger partial charge in [0, 0.05) is 67.3 Å². The zero-order chi connectivity index (χ0) is 46.2. The first-order valence-corrected chi connectivity index (χ1v) is 23.4. The van der Waals surface area contributed by atoms with Crippen LogP contribution in [0.3, 0.4) is 0 Å². The van der Waals surface area contributed by atoms with Gasteiger partial charge in [-0.2, -0.15) is 0 Å². The molecule has 3 aliphatic rings. The van der Waals surface area contributed by atoms with Crippen molar-refractivity contribution in [3.05, 3.63) is 137 Å². The molecule has 0 N–H and O–H groups in total. The quantitative estimate of drug-likeness (QED) is 0.0966. The molecule has 6 heterocycles. The topological polar surface area (TPSA) is 137 Å². The van der Waals surface area contributed by atoms with E-state index in [-0.39, 0.29) is 36.2 Å². The highest BCUT2D eigenvalue weighted by Gasteiger charge is 2.33. The number of esters is 1. The molecule has 7 aromatic rings. The SMILES string of the molecule is COC(=O)N1CCc2ccc3c(nc(-c4ccncc4)n3[C@H](C)Cc3cccc(OC(=O)C4CCN(c5nc6c7c(ccc6n5[C@H](C)Cc5ccccc5)CCN(C(=O)OC)C7)CC4)c3)c2C1. The predicted molar refractivity (Wildman–Crippen MR) is 256 cm³/mol. The van der Waals surface area contributed by atoms with Gasteiger partial charge in [0.1, 0.15) is 11.6 Å². The maximum Gasteiger partial charge on any atom is 0.409 e. The highest BCUT2D eigenvalue weighted by Crippen LogP contribution is 2.38. The van der Waals surface area contributed by atoms with E-state index in [0.29, 0.717) is 64.3 Å². The monoisotopic (exact) mass is 900 g/mol. The first kappa shape index (κ1) is 43.7. The van der Waals surface area contributed by atoms with E-state index in [9.17, 15) is 14.4 Å². The highest BCUT2D eigenvalue weighted by molar-refractivity contribution is 5.87. The molecule has 0 unspecified atom stereocenters. The Labute approximate surface area is 390 Å². The first-order valence-electron chi connectivity index (χ1n) is 23.4. The van der Waals surface area contributed by atoms with E-state index < -0.39 is 0 Å². The molecule has 0 bridgehead atoms. The molecule has 0 radical (unpaired) electrons. The summed E-state index contributed by atoms with van der Waals surface area (Å²) in [5.41, 5.74) is 11.6. The summed E-state index contributed by atoms with van der Waals surface area (Å²) in [6, 6.07) is 31.1. The molecule has 14 heteroatoms. The number of pyridine rings is 1. The van der Waals surface area contributed by atoms with Crippen LogP contribution in [0.5, 0.6) is 5.75 Å². The van der Waals surface area contributed by atoms with Crippen LogP contribution >= 0.6 is 0 Å². The van der Waals surface area contributed by atoms with E-state index in [1.807, 2.05) is 36.4 Å². The fourth-order valence-electron chi connectivity index (χ4n) is 10.5. The van der Waals surface area contributed by atoms with E-state index in [1.54, 1.807) is 22.2 Å². The van der Waals surface area contributed by atoms with Crippen molar-refractivity contribution in [2.45, 2.75) is 77.5 Å². The van der Waals surface area contributed by atoms with Gasteiger partial charge in [0.25, 0.3) is 0 Å². The molecule has 14 nitrogen and oxygen atoms in total. The summed E-state index contributed by atoms with van der Waals surface area (Å²) < 4.78 is 21.0. The van der Waals surface area contributed by atoms with Gasteiger partial charge in [0.15, 0.2) is 0 Å². The lowest BCUT2D eigenvalue weighted by molar-refractivity contribution is -0.139. The number of fused-ring (bicyclic) bond motifs is 6. The number of imidazole rings is 2. The van der Waals surface area contributed by atoms with Gasteiger partial charge in [-0.05, 0) is 111 Å². The number of carbonyl (C=O) groups excluding carboxylic acids is 3. The molecular weight excluding hydrogens is 845 g/mol. The van der Waals surface area contributed by atoms with Crippen molar-refractivity contribution in [1.82, 2.24) is 33.9 Å². The van der Waals surface area contributed by atoms with Crippen LogP contribution in [0, 0.1) is 5.92 Å². The van der Waals surface area contributed by atoms with Crippen LogP contribution < -0.4 is 9.64 Å². The van der Waals surface area contributed by atoms with Crippen molar-refractivity contribution in [1.29, 1.82) is 0 Å². The summed E-state index contributed by atoms with van der Waals surface area (Å²) in [7, 11) is 2.84. The second-order valence-corrected chi connectivity index (χ2v) is 18.2. The second kappa shape index (κ2) is 18.6. The van der Waals surface area contributed by atoms with Crippen molar-refractivity contribution >= 4 is 46.2 Å². The zero-order valence-electron chi connectivity index (χ0n) is 38.6. The minimum Gasteiger partial charge on any atom is -0.453 e. The summed E-state index contributed by atoms with van der Waals surface area (Å²) >= 11 is 0. The maximum absolute atomic E-state index is 13.9. The van der Waals surface area contributed by atoms with Crippen LogP contribution in [0.15, 0.2) is 103 Å². The Morgan fingerprint density at radius 3 is 1.88 bits per heavy atom. The van der Waals surface area contributed by atoms with Crippen LogP contribution in [0.25, 0.3) is 33.5 Å². The number of piperidine rings is 1. The third-order valence-electron chi connectivity index (χ3n) is 13.9. The molecule has 344 valence electrons. The summed E-state index contributed by atoms with van der Waals surface area (Å²) in [5.74, 6) is 1.76. The van der Waals surface area contributed by atoms with Crippen LogP contribution in [0.1, 0.15) is 72.2 Å².